The summed E-state index contributed by atoms with van der Waals surface area (Å²) in [5.41, 5.74) is -0.382. The minimum Gasteiger partial charge on any atom is -0.459 e. The maximum Gasteiger partial charge on any atom is 0.320 e. The van der Waals surface area contributed by atoms with Gasteiger partial charge in [0.1, 0.15) is 5.60 Å². The Kier molecular flexibility index (Phi) is 5.12. The molecule has 2 unspecified atom stereocenters. The van der Waals surface area contributed by atoms with E-state index >= 15 is 0 Å². The minimum absolute atomic E-state index is 0.153. The lowest BCUT2D eigenvalue weighted by Gasteiger charge is -2.22. The molecule has 0 spiro atoms. The standard InChI is InChI=1S/C12H23NO2S/c1-12(2,3)15-11(14)8-13-9-6-5-7-10(9)16-4/h9-10,13H,5-8H2,1-4H3. The second kappa shape index (κ2) is 5.92. The highest BCUT2D eigenvalue weighted by Crippen LogP contribution is 2.28. The lowest BCUT2D eigenvalue weighted by Crippen LogP contribution is -2.39. The van der Waals surface area contributed by atoms with E-state index in [0.29, 0.717) is 17.8 Å². The van der Waals surface area contributed by atoms with Crippen LogP contribution in [0.4, 0.5) is 0 Å². The average molecular weight is 245 g/mol. The van der Waals surface area contributed by atoms with Crippen molar-refractivity contribution in [3.63, 3.8) is 0 Å². The molecule has 1 saturated carbocycles. The van der Waals surface area contributed by atoms with Crippen LogP contribution in [0.5, 0.6) is 0 Å². The summed E-state index contributed by atoms with van der Waals surface area (Å²) >= 11 is 1.89. The first-order valence-corrected chi connectivity index (χ1v) is 7.19. The summed E-state index contributed by atoms with van der Waals surface area (Å²) in [5.74, 6) is -0.153. The quantitative estimate of drug-likeness (QED) is 0.771. The molecular weight excluding hydrogens is 222 g/mol. The number of hydrogen-bond donors (Lipinski definition) is 1. The molecule has 0 amide bonds. The highest BCUT2D eigenvalue weighted by atomic mass is 32.2. The Morgan fingerprint density at radius 2 is 2.12 bits per heavy atom. The highest BCUT2D eigenvalue weighted by molar-refractivity contribution is 7.99. The first kappa shape index (κ1) is 13.8. The van der Waals surface area contributed by atoms with Crippen LogP contribution in [-0.4, -0.2) is 35.7 Å². The fraction of sp³-hybridized carbons (Fsp3) is 0.917. The van der Waals surface area contributed by atoms with Gasteiger partial charge in [-0.2, -0.15) is 11.8 Å². The SMILES string of the molecule is CSC1CCCC1NCC(=O)OC(C)(C)C. The van der Waals surface area contributed by atoms with Gasteiger partial charge in [0.2, 0.25) is 0 Å². The molecule has 16 heavy (non-hydrogen) atoms. The van der Waals surface area contributed by atoms with E-state index in [2.05, 4.69) is 11.6 Å². The van der Waals surface area contributed by atoms with E-state index in [1.54, 1.807) is 0 Å². The van der Waals surface area contributed by atoms with Gasteiger partial charge in [-0.15, -0.1) is 0 Å². The molecule has 1 aliphatic rings. The van der Waals surface area contributed by atoms with Crippen molar-refractivity contribution in [1.82, 2.24) is 5.32 Å². The summed E-state index contributed by atoms with van der Waals surface area (Å²) in [6.45, 7) is 6.01. The smallest absolute Gasteiger partial charge is 0.320 e. The zero-order chi connectivity index (χ0) is 12.2. The highest BCUT2D eigenvalue weighted by Gasteiger charge is 2.27. The minimum atomic E-state index is -0.382. The maximum atomic E-state index is 11.5. The van der Waals surface area contributed by atoms with Crippen LogP contribution in [0.3, 0.4) is 0 Å². The molecule has 1 N–H and O–H groups in total. The van der Waals surface area contributed by atoms with Crippen LogP contribution >= 0.6 is 11.8 Å². The fourth-order valence-corrected chi connectivity index (χ4v) is 3.00. The van der Waals surface area contributed by atoms with Crippen molar-refractivity contribution in [3.8, 4) is 0 Å². The lowest BCUT2D eigenvalue weighted by molar-refractivity contribution is -0.153. The zero-order valence-corrected chi connectivity index (χ0v) is 11.5. The number of carbonyl (C=O) groups is 1. The van der Waals surface area contributed by atoms with E-state index in [9.17, 15) is 4.79 Å². The van der Waals surface area contributed by atoms with Crippen LogP contribution in [0.15, 0.2) is 0 Å². The lowest BCUT2D eigenvalue weighted by atomic mass is 10.2. The molecule has 0 aliphatic heterocycles. The van der Waals surface area contributed by atoms with Crippen molar-refractivity contribution < 1.29 is 9.53 Å². The summed E-state index contributed by atoms with van der Waals surface area (Å²) < 4.78 is 5.26. The molecular formula is C12H23NO2S. The topological polar surface area (TPSA) is 38.3 Å². The number of ether oxygens (including phenoxy) is 1. The normalized spacial score (nSPS) is 25.8. The molecule has 0 saturated heterocycles. The van der Waals surface area contributed by atoms with Gasteiger partial charge in [0, 0.05) is 11.3 Å². The van der Waals surface area contributed by atoms with E-state index in [0.717, 1.165) is 0 Å². The summed E-state index contributed by atoms with van der Waals surface area (Å²) in [6.07, 6.45) is 5.83. The van der Waals surface area contributed by atoms with E-state index in [-0.39, 0.29) is 11.6 Å². The molecule has 0 aromatic rings. The molecule has 1 fully saturated rings. The second-order valence-corrected chi connectivity index (χ2v) is 6.36. The van der Waals surface area contributed by atoms with Gasteiger partial charge in [-0.05, 0) is 39.9 Å². The first-order valence-electron chi connectivity index (χ1n) is 5.90. The van der Waals surface area contributed by atoms with Gasteiger partial charge in [0.25, 0.3) is 0 Å². The van der Waals surface area contributed by atoms with Crippen molar-refractivity contribution in [2.24, 2.45) is 0 Å². The van der Waals surface area contributed by atoms with Crippen molar-refractivity contribution >= 4 is 17.7 Å². The molecule has 1 aliphatic carbocycles. The van der Waals surface area contributed by atoms with Gasteiger partial charge in [-0.25, -0.2) is 0 Å². The van der Waals surface area contributed by atoms with Gasteiger partial charge < -0.3 is 10.1 Å². The molecule has 3 nitrogen and oxygen atoms in total. The Morgan fingerprint density at radius 3 is 2.69 bits per heavy atom. The molecule has 0 radical (unpaired) electrons. The Morgan fingerprint density at radius 1 is 1.44 bits per heavy atom. The number of hydrogen-bond acceptors (Lipinski definition) is 4. The van der Waals surface area contributed by atoms with Crippen molar-refractivity contribution in [3.05, 3.63) is 0 Å². The predicted octanol–water partition coefficient (Wildman–Crippen LogP) is 2.20. The average Bonchev–Trinajstić information content (AvgIpc) is 2.59. The summed E-state index contributed by atoms with van der Waals surface area (Å²) in [6, 6.07) is 0.475. The van der Waals surface area contributed by atoms with Gasteiger partial charge in [-0.3, -0.25) is 4.79 Å². The number of nitrogens with one attached hydrogen (secondary N) is 1. The Hall–Kier alpha value is -0.220. The fourth-order valence-electron chi connectivity index (χ4n) is 2.03. The summed E-state index contributed by atoms with van der Waals surface area (Å²) in [7, 11) is 0. The monoisotopic (exact) mass is 245 g/mol. The van der Waals surface area contributed by atoms with Crippen LogP contribution in [0.25, 0.3) is 0 Å². The van der Waals surface area contributed by atoms with Crippen molar-refractivity contribution in [2.45, 2.75) is 56.9 Å². The van der Waals surface area contributed by atoms with E-state index in [4.69, 9.17) is 4.74 Å². The van der Waals surface area contributed by atoms with Crippen LogP contribution in [0.2, 0.25) is 0 Å². The van der Waals surface area contributed by atoms with Gasteiger partial charge >= 0.3 is 5.97 Å². The van der Waals surface area contributed by atoms with E-state index in [1.165, 1.54) is 19.3 Å². The molecule has 0 heterocycles. The predicted molar refractivity (Wildman–Crippen MR) is 68.8 cm³/mol. The Labute approximate surface area is 103 Å². The second-order valence-electron chi connectivity index (χ2n) is 5.28. The molecule has 0 bridgehead atoms. The van der Waals surface area contributed by atoms with Gasteiger partial charge in [-0.1, -0.05) is 6.42 Å². The van der Waals surface area contributed by atoms with Gasteiger partial charge in [0.15, 0.2) is 0 Å². The van der Waals surface area contributed by atoms with Crippen LogP contribution in [-0.2, 0) is 9.53 Å². The Bertz CT molecular complexity index is 238. The third-order valence-corrected chi connectivity index (χ3v) is 3.85. The Balaban J connectivity index is 2.26. The number of rotatable bonds is 4. The largest absolute Gasteiger partial charge is 0.459 e. The van der Waals surface area contributed by atoms with Crippen LogP contribution in [0, 0.1) is 0 Å². The number of thioether (sulfide) groups is 1. The van der Waals surface area contributed by atoms with E-state index in [1.807, 2.05) is 32.5 Å². The molecule has 1 rings (SSSR count). The first-order chi connectivity index (χ1) is 7.42. The third-order valence-electron chi connectivity index (χ3n) is 2.68. The molecule has 4 heteroatoms. The zero-order valence-electron chi connectivity index (χ0n) is 10.7. The van der Waals surface area contributed by atoms with Crippen LogP contribution in [0.1, 0.15) is 40.0 Å². The van der Waals surface area contributed by atoms with E-state index < -0.39 is 0 Å². The van der Waals surface area contributed by atoms with Gasteiger partial charge in [0.05, 0.1) is 6.54 Å². The number of esters is 1. The van der Waals surface area contributed by atoms with Crippen molar-refractivity contribution in [1.29, 1.82) is 0 Å². The molecule has 94 valence electrons. The maximum absolute atomic E-state index is 11.5. The molecule has 0 aromatic heterocycles. The third kappa shape index (κ3) is 4.74. The van der Waals surface area contributed by atoms with Crippen molar-refractivity contribution in [2.75, 3.05) is 12.8 Å². The van der Waals surface area contributed by atoms with Crippen LogP contribution < -0.4 is 5.32 Å². The summed E-state index contributed by atoms with van der Waals surface area (Å²) in [5, 5.41) is 3.96. The molecule has 0 aromatic carbocycles. The molecule has 2 atom stereocenters. The number of carbonyl (C=O) groups excluding carboxylic acids is 1. The summed E-state index contributed by atoms with van der Waals surface area (Å²) in [4.78, 5) is 11.5.